The summed E-state index contributed by atoms with van der Waals surface area (Å²) in [5.41, 5.74) is -1.02. The number of carbonyl (C=O) groups is 1. The van der Waals surface area contributed by atoms with Crippen molar-refractivity contribution < 1.29 is 23.1 Å². The number of aliphatic carboxylic acids is 1. The fraction of sp³-hybridized carbons (Fsp3) is 0.545. The van der Waals surface area contributed by atoms with Crippen molar-refractivity contribution >= 4 is 27.3 Å². The lowest BCUT2D eigenvalue weighted by Gasteiger charge is -2.19. The molecule has 1 aromatic heterocycles. The average molecular weight is 305 g/mol. The number of methoxy groups -OCH3 is 1. The van der Waals surface area contributed by atoms with E-state index in [1.807, 2.05) is 0 Å². The molecule has 0 aliphatic carbocycles. The second-order valence-corrected chi connectivity index (χ2v) is 7.78. The molecule has 0 amide bonds. The van der Waals surface area contributed by atoms with Gasteiger partial charge >= 0.3 is 5.97 Å². The van der Waals surface area contributed by atoms with E-state index in [1.165, 1.54) is 11.4 Å². The van der Waals surface area contributed by atoms with Crippen LogP contribution in [-0.2, 0) is 14.8 Å². The fourth-order valence-corrected chi connectivity index (χ4v) is 5.02. The molecule has 0 aromatic carbocycles. The van der Waals surface area contributed by atoms with Crippen molar-refractivity contribution in [2.75, 3.05) is 20.2 Å². The lowest BCUT2D eigenvalue weighted by atomic mass is 9.90. The van der Waals surface area contributed by atoms with Crippen LogP contribution in [0.1, 0.15) is 13.3 Å². The molecule has 2 rings (SSSR count). The molecule has 6 nitrogen and oxygen atoms in total. The van der Waals surface area contributed by atoms with Gasteiger partial charge in [0.25, 0.3) is 10.0 Å². The fourth-order valence-electron chi connectivity index (χ4n) is 2.04. The zero-order chi connectivity index (χ0) is 14.3. The third-order valence-corrected chi connectivity index (χ3v) is 6.61. The van der Waals surface area contributed by atoms with E-state index >= 15 is 0 Å². The minimum absolute atomic E-state index is 0.00821. The van der Waals surface area contributed by atoms with Crippen LogP contribution in [0.3, 0.4) is 0 Å². The summed E-state index contributed by atoms with van der Waals surface area (Å²) in [6.07, 6.45) is 0.315. The number of hydrogen-bond donors (Lipinski definition) is 1. The van der Waals surface area contributed by atoms with Gasteiger partial charge in [0.1, 0.15) is 5.75 Å². The van der Waals surface area contributed by atoms with Crippen LogP contribution in [0.15, 0.2) is 15.7 Å². The molecule has 0 radical (unpaired) electrons. The van der Waals surface area contributed by atoms with Crippen LogP contribution in [0.25, 0.3) is 0 Å². The van der Waals surface area contributed by atoms with Crippen molar-refractivity contribution in [1.29, 1.82) is 0 Å². The summed E-state index contributed by atoms with van der Waals surface area (Å²) < 4.78 is 31.3. The Hall–Kier alpha value is -1.12. The van der Waals surface area contributed by atoms with Crippen molar-refractivity contribution in [2.24, 2.45) is 5.41 Å². The number of hydrogen-bond acceptors (Lipinski definition) is 5. The van der Waals surface area contributed by atoms with Gasteiger partial charge in [0.05, 0.1) is 12.5 Å². The Bertz CT molecular complexity index is 594. The van der Waals surface area contributed by atoms with E-state index in [1.54, 1.807) is 18.4 Å². The summed E-state index contributed by atoms with van der Waals surface area (Å²) >= 11 is 1.07. The molecule has 1 unspecified atom stereocenters. The Balaban J connectivity index is 2.31. The van der Waals surface area contributed by atoms with Crippen LogP contribution < -0.4 is 4.74 Å². The Morgan fingerprint density at radius 2 is 2.26 bits per heavy atom. The van der Waals surface area contributed by atoms with Gasteiger partial charge in [-0.1, -0.05) is 0 Å². The average Bonchev–Trinajstić information content (AvgIpc) is 2.95. The summed E-state index contributed by atoms with van der Waals surface area (Å²) in [7, 11) is -2.27. The first-order chi connectivity index (χ1) is 8.81. The molecule has 1 N–H and O–H groups in total. The number of carboxylic acid groups (broad SMARTS) is 1. The topological polar surface area (TPSA) is 83.9 Å². The van der Waals surface area contributed by atoms with Crippen molar-refractivity contribution in [3.8, 4) is 5.75 Å². The van der Waals surface area contributed by atoms with Crippen LogP contribution in [-0.4, -0.2) is 44.0 Å². The first-order valence-corrected chi connectivity index (χ1v) is 7.98. The van der Waals surface area contributed by atoms with Crippen molar-refractivity contribution in [3.63, 3.8) is 0 Å². The van der Waals surface area contributed by atoms with Gasteiger partial charge in [0.15, 0.2) is 4.21 Å². The molecule has 1 aliphatic heterocycles. The molecule has 1 saturated heterocycles. The highest BCUT2D eigenvalue weighted by molar-refractivity contribution is 7.91. The van der Waals surface area contributed by atoms with E-state index in [9.17, 15) is 13.2 Å². The normalized spacial score (nSPS) is 24.5. The lowest BCUT2D eigenvalue weighted by molar-refractivity contribution is -0.146. The maximum atomic E-state index is 12.4. The SMILES string of the molecule is COc1ccsc1S(=O)(=O)N1CCC(C)(C(=O)O)C1. The van der Waals surface area contributed by atoms with E-state index in [4.69, 9.17) is 9.84 Å². The van der Waals surface area contributed by atoms with Gasteiger partial charge in [-0.15, -0.1) is 11.3 Å². The van der Waals surface area contributed by atoms with Gasteiger partial charge in [-0.3, -0.25) is 4.79 Å². The number of ether oxygens (including phenoxy) is 1. The number of thiophene rings is 1. The standard InChI is InChI=1S/C11H15NO5S2/c1-11(10(13)14)4-5-12(7-11)19(15,16)9-8(17-2)3-6-18-9/h3,6H,4-5,7H2,1-2H3,(H,13,14). The second-order valence-electron chi connectivity index (χ2n) is 4.73. The number of carboxylic acids is 1. The Morgan fingerprint density at radius 3 is 2.79 bits per heavy atom. The predicted octanol–water partition coefficient (Wildman–Crippen LogP) is 1.24. The van der Waals surface area contributed by atoms with Crippen molar-refractivity contribution in [3.05, 3.63) is 11.4 Å². The molecule has 106 valence electrons. The van der Waals surface area contributed by atoms with E-state index in [0.29, 0.717) is 12.2 Å². The molecule has 2 heterocycles. The third kappa shape index (κ3) is 2.35. The number of nitrogens with zero attached hydrogens (tertiary/aromatic N) is 1. The molecular weight excluding hydrogens is 290 g/mol. The van der Waals surface area contributed by atoms with Gasteiger partial charge < -0.3 is 9.84 Å². The van der Waals surface area contributed by atoms with Gasteiger partial charge in [-0.05, 0) is 24.8 Å². The Labute approximate surface area is 115 Å². The second kappa shape index (κ2) is 4.77. The molecule has 0 bridgehead atoms. The minimum Gasteiger partial charge on any atom is -0.494 e. The highest BCUT2D eigenvalue weighted by Crippen LogP contribution is 2.38. The van der Waals surface area contributed by atoms with Gasteiger partial charge in [-0.2, -0.15) is 4.31 Å². The van der Waals surface area contributed by atoms with Crippen molar-refractivity contribution in [2.45, 2.75) is 17.6 Å². The van der Waals surface area contributed by atoms with Gasteiger partial charge in [0.2, 0.25) is 0 Å². The van der Waals surface area contributed by atoms with Gasteiger partial charge in [0, 0.05) is 13.1 Å². The summed E-state index contributed by atoms with van der Waals surface area (Å²) in [6, 6.07) is 1.59. The molecule has 0 saturated carbocycles. The molecule has 19 heavy (non-hydrogen) atoms. The minimum atomic E-state index is -3.68. The highest BCUT2D eigenvalue weighted by atomic mass is 32.2. The third-order valence-electron chi connectivity index (χ3n) is 3.34. The van der Waals surface area contributed by atoms with Crippen LogP contribution in [0.4, 0.5) is 0 Å². The summed E-state index contributed by atoms with van der Waals surface area (Å²) in [5, 5.41) is 10.8. The smallest absolute Gasteiger partial charge is 0.310 e. The Morgan fingerprint density at radius 1 is 1.58 bits per heavy atom. The molecular formula is C11H15NO5S2. The van der Waals surface area contributed by atoms with E-state index < -0.39 is 21.4 Å². The maximum Gasteiger partial charge on any atom is 0.310 e. The van der Waals surface area contributed by atoms with Crippen molar-refractivity contribution in [1.82, 2.24) is 4.31 Å². The van der Waals surface area contributed by atoms with Crippen LogP contribution in [0, 0.1) is 5.41 Å². The molecule has 8 heteroatoms. The zero-order valence-electron chi connectivity index (χ0n) is 10.6. The number of sulfonamides is 1. The molecule has 1 atom stereocenters. The molecule has 1 aliphatic rings. The summed E-state index contributed by atoms with van der Waals surface area (Å²) in [4.78, 5) is 11.2. The van der Waals surface area contributed by atoms with Crippen LogP contribution >= 0.6 is 11.3 Å². The van der Waals surface area contributed by atoms with Gasteiger partial charge in [-0.25, -0.2) is 8.42 Å². The van der Waals surface area contributed by atoms with E-state index in [-0.39, 0.29) is 17.3 Å². The quantitative estimate of drug-likeness (QED) is 0.905. The predicted molar refractivity (Wildman–Crippen MR) is 70.0 cm³/mol. The first kappa shape index (κ1) is 14.3. The maximum absolute atomic E-state index is 12.4. The largest absolute Gasteiger partial charge is 0.494 e. The summed E-state index contributed by atoms with van der Waals surface area (Å²) in [6.45, 7) is 1.77. The Kier molecular flexibility index (Phi) is 3.59. The number of rotatable bonds is 4. The zero-order valence-corrected chi connectivity index (χ0v) is 12.3. The van der Waals surface area contributed by atoms with Crippen LogP contribution in [0.5, 0.6) is 5.75 Å². The summed E-state index contributed by atoms with van der Waals surface area (Å²) in [5.74, 6) is -0.669. The molecule has 1 aromatic rings. The van der Waals surface area contributed by atoms with E-state index in [0.717, 1.165) is 11.3 Å². The van der Waals surface area contributed by atoms with Crippen LogP contribution in [0.2, 0.25) is 0 Å². The molecule has 0 spiro atoms. The monoisotopic (exact) mass is 305 g/mol. The lowest BCUT2D eigenvalue weighted by Crippen LogP contribution is -2.34. The van der Waals surface area contributed by atoms with E-state index in [2.05, 4.69) is 0 Å². The highest BCUT2D eigenvalue weighted by Gasteiger charge is 2.45. The molecule has 1 fully saturated rings. The first-order valence-electron chi connectivity index (χ1n) is 5.66.